The van der Waals surface area contributed by atoms with Crippen LogP contribution in [-0.4, -0.2) is 55.3 Å². The Morgan fingerprint density at radius 1 is 1.10 bits per heavy atom. The fourth-order valence-electron chi connectivity index (χ4n) is 3.37. The van der Waals surface area contributed by atoms with E-state index in [0.29, 0.717) is 19.0 Å². The number of aromatic nitrogens is 1. The van der Waals surface area contributed by atoms with Crippen LogP contribution in [0.1, 0.15) is 37.0 Å². The number of hydrogen-bond acceptors (Lipinski definition) is 5. The smallest absolute Gasteiger partial charge is 0.213 e. The maximum Gasteiger partial charge on any atom is 0.213 e. The SMILES string of the molecule is CCCOc1ccc(CN=C(NCC)NCc2ccccc2CN2CCOCC2)cn1. The molecule has 168 valence electrons. The number of ether oxygens (including phenoxy) is 2. The predicted octanol–water partition coefficient (Wildman–Crippen LogP) is 2.96. The van der Waals surface area contributed by atoms with Gasteiger partial charge >= 0.3 is 0 Å². The van der Waals surface area contributed by atoms with Crippen LogP contribution in [0.4, 0.5) is 0 Å². The number of aliphatic imine (C=N–C) groups is 1. The molecule has 0 radical (unpaired) electrons. The van der Waals surface area contributed by atoms with Crippen LogP contribution < -0.4 is 15.4 Å². The maximum atomic E-state index is 5.55. The van der Waals surface area contributed by atoms with E-state index < -0.39 is 0 Å². The second-order valence-electron chi connectivity index (χ2n) is 7.56. The van der Waals surface area contributed by atoms with Crippen molar-refractivity contribution in [2.24, 2.45) is 4.99 Å². The van der Waals surface area contributed by atoms with Crippen LogP contribution in [0.15, 0.2) is 47.6 Å². The summed E-state index contributed by atoms with van der Waals surface area (Å²) in [6.45, 7) is 11.5. The Morgan fingerprint density at radius 2 is 1.90 bits per heavy atom. The van der Waals surface area contributed by atoms with E-state index in [1.165, 1.54) is 11.1 Å². The van der Waals surface area contributed by atoms with Crippen LogP contribution in [-0.2, 0) is 24.4 Å². The van der Waals surface area contributed by atoms with Gasteiger partial charge in [0.1, 0.15) is 0 Å². The molecule has 1 fully saturated rings. The molecular weight excluding hydrogens is 390 g/mol. The van der Waals surface area contributed by atoms with Crippen molar-refractivity contribution in [3.05, 3.63) is 59.3 Å². The maximum absolute atomic E-state index is 5.55. The van der Waals surface area contributed by atoms with Gasteiger partial charge in [-0.3, -0.25) is 4.90 Å². The van der Waals surface area contributed by atoms with Crippen molar-refractivity contribution in [2.75, 3.05) is 39.5 Å². The highest BCUT2D eigenvalue weighted by molar-refractivity contribution is 5.79. The zero-order chi connectivity index (χ0) is 21.7. The van der Waals surface area contributed by atoms with Gasteiger partial charge in [-0.15, -0.1) is 0 Å². The average molecular weight is 426 g/mol. The van der Waals surface area contributed by atoms with E-state index in [4.69, 9.17) is 14.5 Å². The van der Waals surface area contributed by atoms with E-state index in [1.807, 2.05) is 18.3 Å². The summed E-state index contributed by atoms with van der Waals surface area (Å²) in [5.74, 6) is 1.46. The van der Waals surface area contributed by atoms with Crippen LogP contribution in [0.25, 0.3) is 0 Å². The number of nitrogens with one attached hydrogen (secondary N) is 2. The third kappa shape index (κ3) is 7.84. The fourth-order valence-corrected chi connectivity index (χ4v) is 3.37. The van der Waals surface area contributed by atoms with E-state index in [0.717, 1.165) is 63.9 Å². The van der Waals surface area contributed by atoms with E-state index in [2.05, 4.69) is 58.6 Å². The molecule has 7 nitrogen and oxygen atoms in total. The second kappa shape index (κ2) is 12.9. The van der Waals surface area contributed by atoms with E-state index in [-0.39, 0.29) is 0 Å². The van der Waals surface area contributed by atoms with E-state index in [9.17, 15) is 0 Å². The fraction of sp³-hybridized carbons (Fsp3) is 0.500. The lowest BCUT2D eigenvalue weighted by Crippen LogP contribution is -2.38. The molecule has 7 heteroatoms. The Labute approximate surface area is 185 Å². The van der Waals surface area contributed by atoms with Crippen LogP contribution in [0.2, 0.25) is 0 Å². The molecule has 0 spiro atoms. The number of benzene rings is 1. The second-order valence-corrected chi connectivity index (χ2v) is 7.56. The first kappa shape index (κ1) is 23.0. The van der Waals surface area contributed by atoms with Crippen LogP contribution >= 0.6 is 0 Å². The van der Waals surface area contributed by atoms with Gasteiger partial charge in [0.05, 0.1) is 26.4 Å². The summed E-state index contributed by atoms with van der Waals surface area (Å²) >= 11 is 0. The third-order valence-corrected chi connectivity index (χ3v) is 5.08. The standard InChI is InChI=1S/C24H35N5O2/c1-3-13-31-23-10-9-20(16-26-23)17-27-24(25-4-2)28-18-21-7-5-6-8-22(21)19-29-11-14-30-15-12-29/h5-10,16H,3-4,11-15,17-19H2,1-2H3,(H2,25,27,28). The Bertz CT molecular complexity index is 804. The molecule has 0 bridgehead atoms. The van der Waals surface area contributed by atoms with E-state index in [1.54, 1.807) is 0 Å². The number of rotatable bonds is 10. The molecule has 1 saturated heterocycles. The highest BCUT2D eigenvalue weighted by Gasteiger charge is 2.12. The highest BCUT2D eigenvalue weighted by atomic mass is 16.5. The molecule has 1 aromatic carbocycles. The van der Waals surface area contributed by atoms with Crippen molar-refractivity contribution in [1.29, 1.82) is 0 Å². The number of nitrogens with zero attached hydrogens (tertiary/aromatic N) is 3. The van der Waals surface area contributed by atoms with Crippen molar-refractivity contribution in [3.63, 3.8) is 0 Å². The summed E-state index contributed by atoms with van der Waals surface area (Å²) < 4.78 is 11.0. The molecule has 2 N–H and O–H groups in total. The topological polar surface area (TPSA) is 71.0 Å². The Hall–Kier alpha value is -2.64. The lowest BCUT2D eigenvalue weighted by atomic mass is 10.1. The largest absolute Gasteiger partial charge is 0.478 e. The summed E-state index contributed by atoms with van der Waals surface area (Å²) in [6.07, 6.45) is 2.80. The van der Waals surface area contributed by atoms with Gasteiger partial charge in [-0.2, -0.15) is 0 Å². The zero-order valence-corrected chi connectivity index (χ0v) is 18.8. The van der Waals surface area contributed by atoms with Crippen molar-refractivity contribution in [3.8, 4) is 5.88 Å². The number of guanidine groups is 1. The first-order valence-electron chi connectivity index (χ1n) is 11.2. The number of morpholine rings is 1. The predicted molar refractivity (Wildman–Crippen MR) is 124 cm³/mol. The van der Waals surface area contributed by atoms with Crippen molar-refractivity contribution in [2.45, 2.75) is 39.9 Å². The summed E-state index contributed by atoms with van der Waals surface area (Å²) in [6, 6.07) is 12.5. The van der Waals surface area contributed by atoms with Crippen LogP contribution in [0.3, 0.4) is 0 Å². The van der Waals surface area contributed by atoms with Gasteiger partial charge in [0.2, 0.25) is 5.88 Å². The van der Waals surface area contributed by atoms with Crippen LogP contribution in [0.5, 0.6) is 5.88 Å². The monoisotopic (exact) mass is 425 g/mol. The molecule has 0 aliphatic carbocycles. The molecule has 0 atom stereocenters. The quantitative estimate of drug-likeness (QED) is 0.451. The zero-order valence-electron chi connectivity index (χ0n) is 18.8. The van der Waals surface area contributed by atoms with Gasteiger partial charge in [-0.25, -0.2) is 9.98 Å². The molecule has 0 saturated carbocycles. The van der Waals surface area contributed by atoms with Crippen molar-refractivity contribution >= 4 is 5.96 Å². The van der Waals surface area contributed by atoms with Gasteiger partial charge in [-0.1, -0.05) is 37.3 Å². The minimum absolute atomic E-state index is 0.561. The van der Waals surface area contributed by atoms with Gasteiger partial charge in [0.25, 0.3) is 0 Å². The lowest BCUT2D eigenvalue weighted by molar-refractivity contribution is 0.0341. The van der Waals surface area contributed by atoms with Gasteiger partial charge in [-0.05, 0) is 30.0 Å². The van der Waals surface area contributed by atoms with Gasteiger partial charge in [0.15, 0.2) is 5.96 Å². The molecule has 0 amide bonds. The molecular formula is C24H35N5O2. The highest BCUT2D eigenvalue weighted by Crippen LogP contribution is 2.13. The molecule has 31 heavy (non-hydrogen) atoms. The number of pyridine rings is 1. The summed E-state index contributed by atoms with van der Waals surface area (Å²) in [4.78, 5) is 11.5. The molecule has 3 rings (SSSR count). The Balaban J connectivity index is 1.57. The molecule has 2 aromatic rings. The normalized spacial score (nSPS) is 15.0. The van der Waals surface area contributed by atoms with E-state index >= 15 is 0 Å². The summed E-state index contributed by atoms with van der Waals surface area (Å²) in [7, 11) is 0. The minimum atomic E-state index is 0.561. The van der Waals surface area contributed by atoms with Crippen molar-refractivity contribution < 1.29 is 9.47 Å². The number of hydrogen-bond donors (Lipinski definition) is 2. The summed E-state index contributed by atoms with van der Waals surface area (Å²) in [5, 5.41) is 6.80. The lowest BCUT2D eigenvalue weighted by Gasteiger charge is -2.27. The minimum Gasteiger partial charge on any atom is -0.478 e. The average Bonchev–Trinajstić information content (AvgIpc) is 2.82. The Kier molecular flexibility index (Phi) is 9.60. The van der Waals surface area contributed by atoms with Crippen molar-refractivity contribution in [1.82, 2.24) is 20.5 Å². The summed E-state index contributed by atoms with van der Waals surface area (Å²) in [5.41, 5.74) is 3.69. The van der Waals surface area contributed by atoms with Gasteiger partial charge < -0.3 is 20.1 Å². The molecule has 1 aliphatic heterocycles. The molecule has 2 heterocycles. The van der Waals surface area contributed by atoms with Gasteiger partial charge in [0, 0.05) is 45.0 Å². The first-order chi connectivity index (χ1) is 15.3. The Morgan fingerprint density at radius 3 is 2.61 bits per heavy atom. The first-order valence-corrected chi connectivity index (χ1v) is 11.2. The molecule has 1 aliphatic rings. The molecule has 0 unspecified atom stereocenters. The van der Waals surface area contributed by atoms with Crippen LogP contribution in [0, 0.1) is 0 Å². The third-order valence-electron chi connectivity index (χ3n) is 5.08. The molecule has 1 aromatic heterocycles.